The number of hydrogen-bond acceptors (Lipinski definition) is 1. The number of aliphatic carboxylic acids is 1. The number of carbonyl (C=O) groups is 1. The van der Waals surface area contributed by atoms with Crippen LogP contribution in [0.4, 0.5) is 0 Å². The SMILES string of the molecule is CCC1CCC(C2(c3ccc(C)cc3)CCC(C(=O)O)CC2)CC1. The van der Waals surface area contributed by atoms with E-state index < -0.39 is 5.97 Å². The zero-order valence-electron chi connectivity index (χ0n) is 15.3. The van der Waals surface area contributed by atoms with Crippen molar-refractivity contribution in [1.82, 2.24) is 0 Å². The molecule has 2 aliphatic carbocycles. The first kappa shape index (κ1) is 17.5. The molecule has 0 amide bonds. The van der Waals surface area contributed by atoms with Gasteiger partial charge in [-0.05, 0) is 68.3 Å². The van der Waals surface area contributed by atoms with E-state index in [1.807, 2.05) is 0 Å². The fourth-order valence-electron chi connectivity index (χ4n) is 5.32. The third-order valence-corrected chi connectivity index (χ3v) is 7.06. The molecule has 2 nitrogen and oxygen atoms in total. The number of benzene rings is 1. The molecule has 0 spiro atoms. The van der Waals surface area contributed by atoms with Crippen LogP contribution in [-0.2, 0) is 10.2 Å². The average molecular weight is 328 g/mol. The molecular formula is C22H32O2. The highest BCUT2D eigenvalue weighted by molar-refractivity contribution is 5.70. The van der Waals surface area contributed by atoms with E-state index in [-0.39, 0.29) is 11.3 Å². The van der Waals surface area contributed by atoms with Gasteiger partial charge in [0.15, 0.2) is 0 Å². The standard InChI is InChI=1S/C22H32O2/c1-3-17-6-10-20(11-7-17)22(19-8-4-16(2)5-9-19)14-12-18(13-15-22)21(23)24/h4-5,8-9,17-18,20H,3,6-7,10-15H2,1-2H3,(H,23,24). The molecule has 3 rings (SSSR count). The van der Waals surface area contributed by atoms with Crippen LogP contribution in [0.2, 0.25) is 0 Å². The van der Waals surface area contributed by atoms with Crippen LogP contribution in [0.25, 0.3) is 0 Å². The number of carboxylic acid groups (broad SMARTS) is 1. The molecule has 2 saturated carbocycles. The number of rotatable bonds is 4. The minimum atomic E-state index is -0.595. The van der Waals surface area contributed by atoms with E-state index in [9.17, 15) is 9.90 Å². The predicted octanol–water partition coefficient (Wildman–Crippen LogP) is 5.72. The van der Waals surface area contributed by atoms with Crippen molar-refractivity contribution in [3.63, 3.8) is 0 Å². The highest BCUT2D eigenvalue weighted by atomic mass is 16.4. The van der Waals surface area contributed by atoms with Crippen LogP contribution in [0.15, 0.2) is 24.3 Å². The summed E-state index contributed by atoms with van der Waals surface area (Å²) in [6.07, 6.45) is 10.5. The summed E-state index contributed by atoms with van der Waals surface area (Å²) in [6.45, 7) is 4.46. The number of aryl methyl sites for hydroxylation is 1. The Kier molecular flexibility index (Phi) is 5.32. The van der Waals surface area contributed by atoms with Gasteiger partial charge in [0.25, 0.3) is 0 Å². The molecule has 0 saturated heterocycles. The minimum Gasteiger partial charge on any atom is -0.481 e. The fraction of sp³-hybridized carbons (Fsp3) is 0.682. The summed E-state index contributed by atoms with van der Waals surface area (Å²) in [7, 11) is 0. The Bertz CT molecular complexity index is 544. The van der Waals surface area contributed by atoms with Gasteiger partial charge in [0.1, 0.15) is 0 Å². The molecule has 0 radical (unpaired) electrons. The van der Waals surface area contributed by atoms with E-state index in [1.54, 1.807) is 0 Å². The summed E-state index contributed by atoms with van der Waals surface area (Å²) in [6, 6.07) is 9.11. The van der Waals surface area contributed by atoms with Crippen molar-refractivity contribution >= 4 is 5.97 Å². The summed E-state index contributed by atoms with van der Waals surface area (Å²) in [4.78, 5) is 11.4. The lowest BCUT2D eigenvalue weighted by molar-refractivity contribution is -0.143. The van der Waals surface area contributed by atoms with Gasteiger partial charge < -0.3 is 5.11 Å². The topological polar surface area (TPSA) is 37.3 Å². The summed E-state index contributed by atoms with van der Waals surface area (Å²) < 4.78 is 0. The van der Waals surface area contributed by atoms with Crippen molar-refractivity contribution in [3.05, 3.63) is 35.4 Å². The molecule has 1 aromatic rings. The summed E-state index contributed by atoms with van der Waals surface area (Å²) in [5, 5.41) is 9.39. The molecule has 0 atom stereocenters. The lowest BCUT2D eigenvalue weighted by Gasteiger charge is -2.48. The van der Waals surface area contributed by atoms with Crippen molar-refractivity contribution in [1.29, 1.82) is 0 Å². The van der Waals surface area contributed by atoms with Gasteiger partial charge >= 0.3 is 5.97 Å². The van der Waals surface area contributed by atoms with Gasteiger partial charge in [-0.1, -0.05) is 56.0 Å². The smallest absolute Gasteiger partial charge is 0.306 e. The maximum atomic E-state index is 11.4. The number of hydrogen-bond donors (Lipinski definition) is 1. The van der Waals surface area contributed by atoms with Gasteiger partial charge in [-0.25, -0.2) is 0 Å². The molecule has 24 heavy (non-hydrogen) atoms. The first-order chi connectivity index (χ1) is 11.5. The second kappa shape index (κ2) is 7.29. The van der Waals surface area contributed by atoms with Gasteiger partial charge in [-0.3, -0.25) is 4.79 Å². The largest absolute Gasteiger partial charge is 0.481 e. The van der Waals surface area contributed by atoms with E-state index in [4.69, 9.17) is 0 Å². The highest BCUT2D eigenvalue weighted by Gasteiger charge is 2.45. The van der Waals surface area contributed by atoms with Gasteiger partial charge in [0.05, 0.1) is 5.92 Å². The first-order valence-electron chi connectivity index (χ1n) is 9.85. The third-order valence-electron chi connectivity index (χ3n) is 7.06. The molecule has 2 aliphatic rings. The van der Waals surface area contributed by atoms with Crippen LogP contribution >= 0.6 is 0 Å². The highest BCUT2D eigenvalue weighted by Crippen LogP contribution is 2.52. The molecule has 1 aromatic carbocycles. The van der Waals surface area contributed by atoms with Gasteiger partial charge in [-0.15, -0.1) is 0 Å². The Hall–Kier alpha value is -1.31. The van der Waals surface area contributed by atoms with E-state index >= 15 is 0 Å². The van der Waals surface area contributed by atoms with Crippen molar-refractivity contribution < 1.29 is 9.90 Å². The zero-order chi connectivity index (χ0) is 17.2. The molecule has 0 heterocycles. The van der Waals surface area contributed by atoms with Crippen LogP contribution in [-0.4, -0.2) is 11.1 Å². The number of carboxylic acids is 1. The normalized spacial score (nSPS) is 34.0. The summed E-state index contributed by atoms with van der Waals surface area (Å²) in [5.41, 5.74) is 3.00. The Balaban J connectivity index is 1.85. The maximum absolute atomic E-state index is 11.4. The summed E-state index contributed by atoms with van der Waals surface area (Å²) >= 11 is 0. The minimum absolute atomic E-state index is 0.129. The van der Waals surface area contributed by atoms with Gasteiger partial charge in [0, 0.05) is 0 Å². The molecule has 0 bridgehead atoms. The summed E-state index contributed by atoms with van der Waals surface area (Å²) in [5.74, 6) is 0.919. The lowest BCUT2D eigenvalue weighted by atomic mass is 9.56. The second-order valence-electron chi connectivity index (χ2n) is 8.26. The third kappa shape index (κ3) is 3.38. The quantitative estimate of drug-likeness (QED) is 0.767. The molecule has 2 fully saturated rings. The first-order valence-corrected chi connectivity index (χ1v) is 9.85. The van der Waals surface area contributed by atoms with E-state index in [0.717, 1.165) is 37.5 Å². The molecule has 2 heteroatoms. The molecular weight excluding hydrogens is 296 g/mol. The monoisotopic (exact) mass is 328 g/mol. The Morgan fingerprint density at radius 1 is 1.04 bits per heavy atom. The van der Waals surface area contributed by atoms with Crippen molar-refractivity contribution in [2.45, 2.75) is 77.0 Å². The Morgan fingerprint density at radius 2 is 1.62 bits per heavy atom. The second-order valence-corrected chi connectivity index (χ2v) is 8.26. The van der Waals surface area contributed by atoms with Crippen molar-refractivity contribution in [2.75, 3.05) is 0 Å². The van der Waals surface area contributed by atoms with Crippen LogP contribution in [0.3, 0.4) is 0 Å². The van der Waals surface area contributed by atoms with Crippen LogP contribution in [0.5, 0.6) is 0 Å². The van der Waals surface area contributed by atoms with E-state index in [0.29, 0.717) is 0 Å². The Labute approximate surface area is 146 Å². The van der Waals surface area contributed by atoms with Crippen molar-refractivity contribution in [2.24, 2.45) is 17.8 Å². The van der Waals surface area contributed by atoms with E-state index in [2.05, 4.69) is 38.1 Å². The fourth-order valence-corrected chi connectivity index (χ4v) is 5.32. The maximum Gasteiger partial charge on any atom is 0.306 e. The lowest BCUT2D eigenvalue weighted by Crippen LogP contribution is -2.42. The van der Waals surface area contributed by atoms with Crippen molar-refractivity contribution in [3.8, 4) is 0 Å². The molecule has 0 unspecified atom stereocenters. The van der Waals surface area contributed by atoms with Gasteiger partial charge in [0.2, 0.25) is 0 Å². The molecule has 132 valence electrons. The van der Waals surface area contributed by atoms with Crippen LogP contribution in [0, 0.1) is 24.7 Å². The molecule has 0 aromatic heterocycles. The molecule has 1 N–H and O–H groups in total. The Morgan fingerprint density at radius 3 is 2.12 bits per heavy atom. The van der Waals surface area contributed by atoms with Crippen LogP contribution in [0.1, 0.15) is 75.8 Å². The predicted molar refractivity (Wildman–Crippen MR) is 98.2 cm³/mol. The zero-order valence-corrected chi connectivity index (χ0v) is 15.3. The van der Waals surface area contributed by atoms with E-state index in [1.165, 1.54) is 43.2 Å². The molecule has 0 aliphatic heterocycles. The van der Waals surface area contributed by atoms with Crippen LogP contribution < -0.4 is 0 Å². The average Bonchev–Trinajstić information content (AvgIpc) is 2.62. The van der Waals surface area contributed by atoms with Gasteiger partial charge in [-0.2, -0.15) is 0 Å².